The molecule has 0 atom stereocenters. The topological polar surface area (TPSA) is 41.8 Å². The van der Waals surface area contributed by atoms with E-state index in [2.05, 4.69) is 27.6 Å². The fourth-order valence-corrected chi connectivity index (χ4v) is 3.71. The van der Waals surface area contributed by atoms with Crippen molar-refractivity contribution in [1.29, 1.82) is 0 Å². The molecule has 3 rings (SSSR count). The van der Waals surface area contributed by atoms with E-state index in [0.29, 0.717) is 36.2 Å². The van der Waals surface area contributed by atoms with E-state index in [4.69, 9.17) is 5.73 Å². The van der Waals surface area contributed by atoms with Crippen LogP contribution in [0.4, 0.5) is 26.3 Å². The number of unbranched alkanes of at least 4 members (excludes halogenated alkanes) is 1. The maximum Gasteiger partial charge on any atom is 0.417 e. The van der Waals surface area contributed by atoms with E-state index in [1.165, 1.54) is 0 Å². The number of aryl methyl sites for hydroxylation is 1. The summed E-state index contributed by atoms with van der Waals surface area (Å²) in [5, 5.41) is -0.212. The molecule has 1 heterocycles. The quantitative estimate of drug-likeness (QED) is 0.216. The summed E-state index contributed by atoms with van der Waals surface area (Å²) in [5.41, 5.74) is 4.09. The van der Waals surface area contributed by atoms with E-state index >= 15 is 0 Å². The van der Waals surface area contributed by atoms with E-state index in [-0.39, 0.29) is 23.4 Å². The average Bonchev–Trinajstić information content (AvgIpc) is 2.99. The number of fused-ring (bicyclic) bond motifs is 1. The zero-order valence-corrected chi connectivity index (χ0v) is 17.2. The molecule has 0 amide bonds. The van der Waals surface area contributed by atoms with Gasteiger partial charge in [-0.2, -0.15) is 26.3 Å². The minimum Gasteiger partial charge on any atom is -0.354 e. The van der Waals surface area contributed by atoms with Crippen molar-refractivity contribution in [2.75, 3.05) is 6.54 Å². The second-order valence-corrected chi connectivity index (χ2v) is 7.92. The lowest BCUT2D eigenvalue weighted by molar-refractivity contribution is -0.142. The van der Waals surface area contributed by atoms with Gasteiger partial charge in [0.15, 0.2) is 0 Å². The molecular formula is C20H17F6IN2. The molecule has 0 fully saturated rings. The highest BCUT2D eigenvalue weighted by molar-refractivity contribution is 14.1. The zero-order valence-electron chi connectivity index (χ0n) is 15.0. The Kier molecular flexibility index (Phi) is 6.19. The van der Waals surface area contributed by atoms with Crippen LogP contribution in [0.15, 0.2) is 36.4 Å². The van der Waals surface area contributed by atoms with Gasteiger partial charge in [0.2, 0.25) is 0 Å². The first-order valence-corrected chi connectivity index (χ1v) is 9.89. The fourth-order valence-electron chi connectivity index (χ4n) is 3.35. The molecule has 0 aliphatic carbocycles. The maximum atomic E-state index is 13.7. The predicted octanol–water partition coefficient (Wildman–Crippen LogP) is 6.76. The predicted molar refractivity (Wildman–Crippen MR) is 108 cm³/mol. The molecule has 0 bridgehead atoms. The average molecular weight is 526 g/mol. The number of nitrogens with two attached hydrogens (primary N) is 1. The van der Waals surface area contributed by atoms with Gasteiger partial charge >= 0.3 is 12.4 Å². The molecule has 9 heteroatoms. The third kappa shape index (κ3) is 4.71. The summed E-state index contributed by atoms with van der Waals surface area (Å²) in [7, 11) is 0. The molecule has 2 nitrogen and oxygen atoms in total. The molecule has 0 unspecified atom stereocenters. The second kappa shape index (κ2) is 8.17. The van der Waals surface area contributed by atoms with Crippen LogP contribution in [-0.4, -0.2) is 11.5 Å². The van der Waals surface area contributed by atoms with E-state index < -0.39 is 23.5 Å². The van der Waals surface area contributed by atoms with Crippen molar-refractivity contribution in [3.05, 3.63) is 56.7 Å². The molecule has 156 valence electrons. The van der Waals surface area contributed by atoms with Crippen LogP contribution in [0, 0.1) is 3.57 Å². The minimum atomic E-state index is -4.92. The normalized spacial score (nSPS) is 12.7. The van der Waals surface area contributed by atoms with Crippen LogP contribution in [0.1, 0.15) is 29.5 Å². The number of H-pyrrole nitrogens is 1. The van der Waals surface area contributed by atoms with Gasteiger partial charge in [-0.25, -0.2) is 0 Å². The van der Waals surface area contributed by atoms with Gasteiger partial charge < -0.3 is 10.7 Å². The van der Waals surface area contributed by atoms with E-state index in [0.717, 1.165) is 9.64 Å². The number of aromatic nitrogens is 1. The summed E-state index contributed by atoms with van der Waals surface area (Å²) in [6.07, 6.45) is -8.41. The smallest absolute Gasteiger partial charge is 0.354 e. The van der Waals surface area contributed by atoms with Crippen molar-refractivity contribution < 1.29 is 26.3 Å². The summed E-state index contributed by atoms with van der Waals surface area (Å²) in [6, 6.07) is 7.98. The van der Waals surface area contributed by atoms with Crippen molar-refractivity contribution in [2.45, 2.75) is 31.6 Å². The van der Waals surface area contributed by atoms with Crippen LogP contribution < -0.4 is 5.73 Å². The molecule has 3 N–H and O–H groups in total. The van der Waals surface area contributed by atoms with Gasteiger partial charge in [-0.1, -0.05) is 12.1 Å². The first kappa shape index (κ1) is 21.9. The van der Waals surface area contributed by atoms with Gasteiger partial charge in [-0.15, -0.1) is 0 Å². The van der Waals surface area contributed by atoms with Crippen LogP contribution in [0.5, 0.6) is 0 Å². The highest BCUT2D eigenvalue weighted by atomic mass is 127. The monoisotopic (exact) mass is 526 g/mol. The minimum absolute atomic E-state index is 0.177. The molecule has 0 aliphatic rings. The molecule has 0 radical (unpaired) electrons. The van der Waals surface area contributed by atoms with Crippen LogP contribution in [0.25, 0.3) is 22.2 Å². The summed E-state index contributed by atoms with van der Waals surface area (Å²) in [4.78, 5) is 2.82. The number of alkyl halides is 6. The Balaban J connectivity index is 2.32. The highest BCUT2D eigenvalue weighted by Crippen LogP contribution is 2.43. The number of nitrogens with one attached hydrogen (secondary N) is 1. The molecule has 0 saturated heterocycles. The molecule has 0 aliphatic heterocycles. The number of rotatable bonds is 5. The van der Waals surface area contributed by atoms with Gasteiger partial charge in [-0.05, 0) is 83.8 Å². The van der Waals surface area contributed by atoms with Gasteiger partial charge in [0.25, 0.3) is 0 Å². The van der Waals surface area contributed by atoms with Crippen molar-refractivity contribution in [1.82, 2.24) is 4.98 Å². The molecule has 1 aromatic heterocycles. The fraction of sp³-hybridized carbons (Fsp3) is 0.300. The van der Waals surface area contributed by atoms with E-state index in [1.807, 2.05) is 0 Å². The number of halogens is 7. The number of benzene rings is 2. The third-order valence-corrected chi connectivity index (χ3v) is 5.37. The highest BCUT2D eigenvalue weighted by Gasteiger charge is 2.39. The third-order valence-electron chi connectivity index (χ3n) is 4.65. The number of hydrogen-bond donors (Lipinski definition) is 2. The molecule has 29 heavy (non-hydrogen) atoms. The maximum absolute atomic E-state index is 13.7. The lowest BCUT2D eigenvalue weighted by Crippen LogP contribution is -2.11. The van der Waals surface area contributed by atoms with Gasteiger partial charge in [0, 0.05) is 20.2 Å². The Morgan fingerprint density at radius 1 is 0.897 bits per heavy atom. The Hall–Kier alpha value is -1.75. The van der Waals surface area contributed by atoms with Crippen molar-refractivity contribution in [2.24, 2.45) is 5.73 Å². The van der Waals surface area contributed by atoms with Gasteiger partial charge in [-0.3, -0.25) is 0 Å². The van der Waals surface area contributed by atoms with E-state index in [9.17, 15) is 26.3 Å². The van der Waals surface area contributed by atoms with Gasteiger partial charge in [0.1, 0.15) is 0 Å². The molecule has 0 spiro atoms. The first-order chi connectivity index (χ1) is 13.5. The first-order valence-electron chi connectivity index (χ1n) is 8.81. The Morgan fingerprint density at radius 2 is 1.55 bits per heavy atom. The Bertz CT molecular complexity index is 1000. The van der Waals surface area contributed by atoms with Crippen LogP contribution >= 0.6 is 22.6 Å². The Labute approximate surface area is 176 Å². The van der Waals surface area contributed by atoms with Crippen LogP contribution in [-0.2, 0) is 18.8 Å². The molecule has 2 aromatic carbocycles. The van der Waals surface area contributed by atoms with E-state index in [1.54, 1.807) is 24.3 Å². The summed E-state index contributed by atoms with van der Waals surface area (Å²) in [5.74, 6) is 0. The molecule has 3 aromatic rings. The molecular weight excluding hydrogens is 509 g/mol. The van der Waals surface area contributed by atoms with Crippen LogP contribution in [0.2, 0.25) is 0 Å². The standard InChI is InChI=1S/C20H17F6IN2/c21-19(22,23)12-9-15(20(24,25)26)17-14(3-1-2-8-28)18(29-16(17)10-12)11-4-6-13(27)7-5-11/h4-7,9-10,29H,1-3,8,28H2. The molecule has 0 saturated carbocycles. The lowest BCUT2D eigenvalue weighted by atomic mass is 9.96. The number of aromatic amines is 1. The van der Waals surface area contributed by atoms with Crippen LogP contribution in [0.3, 0.4) is 0 Å². The van der Waals surface area contributed by atoms with Crippen molar-refractivity contribution >= 4 is 33.5 Å². The summed E-state index contributed by atoms with van der Waals surface area (Å²) < 4.78 is 81.7. The van der Waals surface area contributed by atoms with Gasteiger partial charge in [0.05, 0.1) is 11.1 Å². The largest absolute Gasteiger partial charge is 0.417 e. The zero-order chi connectivity index (χ0) is 21.4. The lowest BCUT2D eigenvalue weighted by Gasteiger charge is -2.14. The summed E-state index contributed by atoms with van der Waals surface area (Å²) >= 11 is 2.10. The second-order valence-electron chi connectivity index (χ2n) is 6.67. The number of hydrogen-bond acceptors (Lipinski definition) is 1. The SMILES string of the molecule is NCCCCc1c(-c2ccc(I)cc2)[nH]c2cc(C(F)(F)F)cc(C(F)(F)F)c12. The summed E-state index contributed by atoms with van der Waals surface area (Å²) in [6.45, 7) is 0.381. The van der Waals surface area contributed by atoms with Crippen molar-refractivity contribution in [3.8, 4) is 11.3 Å². The van der Waals surface area contributed by atoms with Crippen molar-refractivity contribution in [3.63, 3.8) is 0 Å². The Morgan fingerprint density at radius 3 is 2.10 bits per heavy atom.